The molecular formula is C51H29N3O2. The number of hydrogen-bond acceptors (Lipinski definition) is 5. The number of fused-ring (bicyclic) bond motifs is 6. The van der Waals surface area contributed by atoms with Gasteiger partial charge < -0.3 is 8.83 Å². The Morgan fingerprint density at radius 1 is 0.268 bits per heavy atom. The van der Waals surface area contributed by atoms with Crippen LogP contribution in [0, 0.1) is 0 Å². The number of hydrogen-bond donors (Lipinski definition) is 0. The average Bonchev–Trinajstić information content (AvgIpc) is 3.85. The van der Waals surface area contributed by atoms with Crippen LogP contribution in [0.1, 0.15) is 0 Å². The van der Waals surface area contributed by atoms with E-state index in [0.29, 0.717) is 17.5 Å². The summed E-state index contributed by atoms with van der Waals surface area (Å²) in [4.78, 5) is 15.5. The van der Waals surface area contributed by atoms with Crippen LogP contribution in [0.5, 0.6) is 0 Å². The molecule has 0 saturated heterocycles. The Labute approximate surface area is 320 Å². The number of rotatable bonds is 5. The lowest BCUT2D eigenvalue weighted by molar-refractivity contribution is 0.669. The van der Waals surface area contributed by atoms with Crippen LogP contribution in [0.25, 0.3) is 122 Å². The maximum atomic E-state index is 6.53. The molecule has 0 radical (unpaired) electrons. The van der Waals surface area contributed by atoms with Crippen LogP contribution in [-0.2, 0) is 0 Å². The van der Waals surface area contributed by atoms with Crippen molar-refractivity contribution in [3.8, 4) is 56.4 Å². The molecule has 0 aliphatic heterocycles. The van der Waals surface area contributed by atoms with Gasteiger partial charge in [0.2, 0.25) is 0 Å². The molecule has 3 heterocycles. The van der Waals surface area contributed by atoms with Crippen LogP contribution in [0.4, 0.5) is 0 Å². The zero-order valence-electron chi connectivity index (χ0n) is 29.9. The maximum absolute atomic E-state index is 6.53. The average molecular weight is 716 g/mol. The predicted molar refractivity (Wildman–Crippen MR) is 228 cm³/mol. The lowest BCUT2D eigenvalue weighted by Crippen LogP contribution is -2.00. The summed E-state index contributed by atoms with van der Waals surface area (Å²) in [7, 11) is 0. The summed E-state index contributed by atoms with van der Waals surface area (Å²) in [5.41, 5.74) is 10.6. The van der Waals surface area contributed by atoms with Gasteiger partial charge in [-0.15, -0.1) is 0 Å². The molecule has 0 N–H and O–H groups in total. The van der Waals surface area contributed by atoms with Crippen molar-refractivity contribution < 1.29 is 8.83 Å². The zero-order valence-corrected chi connectivity index (χ0v) is 29.9. The first-order valence-corrected chi connectivity index (χ1v) is 18.8. The second-order valence-corrected chi connectivity index (χ2v) is 14.3. The van der Waals surface area contributed by atoms with Crippen LogP contribution >= 0.6 is 0 Å². The molecule has 0 fully saturated rings. The standard InChI is InChI=1S/C51H29N3O2/c1-4-13-30(14-5-1)35-19-10-22-41-46(35)37-26-25-33(29-44(37)56-41)50-52-49(32-17-8-3-9-18-32)53-51(54-50)34-27-39(31-15-6-2-7-16-31)45-38-21-12-24-43-48(38)47-36(40(45)28-34)20-11-23-42(47)55-43/h1-29H. The van der Waals surface area contributed by atoms with Gasteiger partial charge in [-0.1, -0.05) is 133 Å². The molecule has 0 unspecified atom stereocenters. The molecule has 56 heavy (non-hydrogen) atoms. The van der Waals surface area contributed by atoms with E-state index in [4.69, 9.17) is 23.8 Å². The number of nitrogens with zero attached hydrogens (tertiary/aromatic N) is 3. The fraction of sp³-hybridized carbons (Fsp3) is 0. The summed E-state index contributed by atoms with van der Waals surface area (Å²) < 4.78 is 12.9. The first kappa shape index (κ1) is 30.8. The second-order valence-electron chi connectivity index (χ2n) is 14.3. The highest BCUT2D eigenvalue weighted by Crippen LogP contribution is 2.47. The van der Waals surface area contributed by atoms with Gasteiger partial charge in [0.25, 0.3) is 0 Å². The highest BCUT2D eigenvalue weighted by atomic mass is 16.3. The third-order valence-electron chi connectivity index (χ3n) is 11.1. The summed E-state index contributed by atoms with van der Waals surface area (Å²) in [6.45, 7) is 0. The van der Waals surface area contributed by atoms with Crippen molar-refractivity contribution in [2.24, 2.45) is 0 Å². The molecular weight excluding hydrogens is 687 g/mol. The molecule has 5 heteroatoms. The van der Waals surface area contributed by atoms with Crippen molar-refractivity contribution in [2.75, 3.05) is 0 Å². The fourth-order valence-corrected chi connectivity index (χ4v) is 8.59. The molecule has 12 aromatic rings. The third-order valence-corrected chi connectivity index (χ3v) is 11.1. The van der Waals surface area contributed by atoms with Crippen molar-refractivity contribution in [2.45, 2.75) is 0 Å². The predicted octanol–water partition coefficient (Wildman–Crippen LogP) is 13.7. The minimum atomic E-state index is 0.572. The van der Waals surface area contributed by atoms with Crippen molar-refractivity contribution in [1.82, 2.24) is 15.0 Å². The minimum absolute atomic E-state index is 0.572. The molecule has 0 amide bonds. The molecule has 9 aromatic carbocycles. The lowest BCUT2D eigenvalue weighted by atomic mass is 9.88. The monoisotopic (exact) mass is 715 g/mol. The van der Waals surface area contributed by atoms with Gasteiger partial charge in [-0.25, -0.2) is 15.0 Å². The Bertz CT molecular complexity index is 3460. The first-order chi connectivity index (χ1) is 27.7. The van der Waals surface area contributed by atoms with Gasteiger partial charge in [0.05, 0.1) is 0 Å². The van der Waals surface area contributed by atoms with Gasteiger partial charge in [-0.2, -0.15) is 0 Å². The Hall–Kier alpha value is -7.63. The van der Waals surface area contributed by atoms with E-state index in [-0.39, 0.29) is 0 Å². The number of aromatic nitrogens is 3. The van der Waals surface area contributed by atoms with Crippen LogP contribution in [0.2, 0.25) is 0 Å². The maximum Gasteiger partial charge on any atom is 0.164 e. The number of benzene rings is 9. The third kappa shape index (κ3) is 4.64. The number of furan rings is 2. The van der Waals surface area contributed by atoms with E-state index in [9.17, 15) is 0 Å². The van der Waals surface area contributed by atoms with E-state index in [1.165, 1.54) is 5.39 Å². The Morgan fingerprint density at radius 2 is 0.804 bits per heavy atom. The Kier molecular flexibility index (Phi) is 6.56. The van der Waals surface area contributed by atoms with E-state index < -0.39 is 0 Å². The van der Waals surface area contributed by atoms with E-state index in [0.717, 1.165) is 99.0 Å². The van der Waals surface area contributed by atoms with Crippen LogP contribution in [0.3, 0.4) is 0 Å². The normalized spacial score (nSPS) is 11.9. The van der Waals surface area contributed by atoms with E-state index in [1.54, 1.807) is 0 Å². The molecule has 0 bridgehead atoms. The molecule has 0 aliphatic carbocycles. The SMILES string of the molecule is c1ccc(-c2nc(-c3ccc4c(c3)oc3cccc(-c5ccccc5)c34)nc(-c3cc(-c4ccccc4)c4c(c3)c3cccc5oc6cccc4c6c53)n2)cc1. The molecule has 0 aliphatic rings. The molecule has 0 spiro atoms. The molecule has 0 saturated carbocycles. The smallest absolute Gasteiger partial charge is 0.164 e. The largest absolute Gasteiger partial charge is 0.456 e. The molecule has 12 rings (SSSR count). The van der Waals surface area contributed by atoms with Crippen molar-refractivity contribution in [3.63, 3.8) is 0 Å². The van der Waals surface area contributed by atoms with Gasteiger partial charge in [0.15, 0.2) is 17.5 Å². The Morgan fingerprint density at radius 3 is 1.50 bits per heavy atom. The molecule has 3 aromatic heterocycles. The lowest BCUT2D eigenvalue weighted by Gasteiger charge is -2.16. The van der Waals surface area contributed by atoms with Gasteiger partial charge in [0, 0.05) is 38.2 Å². The summed E-state index contributed by atoms with van der Waals surface area (Å²) in [6.07, 6.45) is 0. The first-order valence-electron chi connectivity index (χ1n) is 18.8. The summed E-state index contributed by atoms with van der Waals surface area (Å²) in [5, 5.41) is 9.03. The fourth-order valence-electron chi connectivity index (χ4n) is 8.59. The topological polar surface area (TPSA) is 65.0 Å². The minimum Gasteiger partial charge on any atom is -0.456 e. The van der Waals surface area contributed by atoms with Crippen LogP contribution in [-0.4, -0.2) is 15.0 Å². The zero-order chi connectivity index (χ0) is 36.7. The van der Waals surface area contributed by atoms with Crippen molar-refractivity contribution in [1.29, 1.82) is 0 Å². The molecule has 5 nitrogen and oxygen atoms in total. The van der Waals surface area contributed by atoms with Crippen molar-refractivity contribution in [3.05, 3.63) is 176 Å². The summed E-state index contributed by atoms with van der Waals surface area (Å²) in [5.74, 6) is 1.76. The quantitative estimate of drug-likeness (QED) is 0.166. The van der Waals surface area contributed by atoms with E-state index >= 15 is 0 Å². The molecule has 260 valence electrons. The van der Waals surface area contributed by atoms with E-state index in [1.807, 2.05) is 42.5 Å². The molecule has 0 atom stereocenters. The highest BCUT2D eigenvalue weighted by Gasteiger charge is 2.22. The van der Waals surface area contributed by atoms with Gasteiger partial charge in [-0.3, -0.25) is 0 Å². The van der Waals surface area contributed by atoms with E-state index in [2.05, 4.69) is 133 Å². The highest BCUT2D eigenvalue weighted by molar-refractivity contribution is 6.35. The van der Waals surface area contributed by atoms with Crippen LogP contribution < -0.4 is 0 Å². The second kappa shape index (κ2) is 11.9. The van der Waals surface area contributed by atoms with Gasteiger partial charge in [-0.05, 0) is 86.3 Å². The van der Waals surface area contributed by atoms with Crippen LogP contribution in [0.15, 0.2) is 185 Å². The van der Waals surface area contributed by atoms with Gasteiger partial charge in [0.1, 0.15) is 22.3 Å². The van der Waals surface area contributed by atoms with Gasteiger partial charge >= 0.3 is 0 Å². The van der Waals surface area contributed by atoms with Crippen molar-refractivity contribution >= 4 is 65.4 Å². The Balaban J connectivity index is 1.12. The summed E-state index contributed by atoms with van der Waals surface area (Å²) >= 11 is 0. The summed E-state index contributed by atoms with van der Waals surface area (Å²) in [6, 6.07) is 60.8.